The Morgan fingerprint density at radius 2 is 1.56 bits per heavy atom. The van der Waals surface area contributed by atoms with Crippen LogP contribution < -0.4 is 4.90 Å². The van der Waals surface area contributed by atoms with Crippen molar-refractivity contribution in [2.75, 3.05) is 18.0 Å². The molecule has 0 N–H and O–H groups in total. The lowest BCUT2D eigenvalue weighted by atomic mass is 10.0. The number of benzene rings is 2. The topological polar surface area (TPSA) is 12.5 Å². The van der Waals surface area contributed by atoms with E-state index < -0.39 is 11.6 Å². The van der Waals surface area contributed by atoms with Gasteiger partial charge in [0.25, 0.3) is 0 Å². The van der Waals surface area contributed by atoms with Gasteiger partial charge in [0.05, 0.1) is 17.9 Å². The van der Waals surface area contributed by atoms with Gasteiger partial charge >= 0.3 is 0 Å². The van der Waals surface area contributed by atoms with E-state index in [-0.39, 0.29) is 12.2 Å². The Kier molecular flexibility index (Phi) is 5.38. The summed E-state index contributed by atoms with van der Waals surface area (Å²) < 4.78 is 34.8. The number of rotatable bonds is 4. The lowest BCUT2D eigenvalue weighted by molar-refractivity contribution is -0.00543. The lowest BCUT2D eigenvalue weighted by Gasteiger charge is -2.37. The summed E-state index contributed by atoms with van der Waals surface area (Å²) in [6, 6.07) is 11.6. The fourth-order valence-electron chi connectivity index (χ4n) is 3.42. The third-order valence-corrected chi connectivity index (χ3v) is 4.71. The Hall–Kier alpha value is -1.94. The van der Waals surface area contributed by atoms with Gasteiger partial charge in [-0.15, -0.1) is 0 Å². The molecule has 2 aromatic carbocycles. The summed E-state index contributed by atoms with van der Waals surface area (Å²) in [4.78, 5) is 1.88. The van der Waals surface area contributed by atoms with Crippen LogP contribution in [0.3, 0.4) is 0 Å². The molecule has 2 nitrogen and oxygen atoms in total. The van der Waals surface area contributed by atoms with Crippen molar-refractivity contribution >= 4 is 5.69 Å². The molecule has 0 bridgehead atoms. The summed E-state index contributed by atoms with van der Waals surface area (Å²) in [6.07, 6.45) is 1.20. The van der Waals surface area contributed by atoms with Crippen molar-refractivity contribution in [1.29, 1.82) is 0 Å². The summed E-state index contributed by atoms with van der Waals surface area (Å²) in [5.41, 5.74) is 3.08. The Balaban J connectivity index is 1.74. The standard InChI is InChI=1S/C21H25F2NO/c1-14-4-6-17(7-5-14)8-9-18-10-11-19(21(23)20(18)22)24-12-15(2)25-16(3)13-24/h4-7,10-11,15-16H,8-9,12-13H2,1-3H3/t15-,16+. The second-order valence-electron chi connectivity index (χ2n) is 7.02. The molecule has 0 unspecified atom stereocenters. The molecule has 4 heteroatoms. The van der Waals surface area contributed by atoms with Crippen LogP contribution in [-0.4, -0.2) is 25.3 Å². The number of anilines is 1. The van der Waals surface area contributed by atoms with E-state index in [9.17, 15) is 8.78 Å². The van der Waals surface area contributed by atoms with Gasteiger partial charge in [0, 0.05) is 13.1 Å². The van der Waals surface area contributed by atoms with Crippen molar-refractivity contribution in [3.63, 3.8) is 0 Å². The monoisotopic (exact) mass is 345 g/mol. The van der Waals surface area contributed by atoms with Crippen molar-refractivity contribution in [2.24, 2.45) is 0 Å². The SMILES string of the molecule is Cc1ccc(CCc2ccc(N3C[C@@H](C)O[C@@H](C)C3)c(F)c2F)cc1. The summed E-state index contributed by atoms with van der Waals surface area (Å²) in [5.74, 6) is -1.47. The molecule has 25 heavy (non-hydrogen) atoms. The molecule has 134 valence electrons. The highest BCUT2D eigenvalue weighted by atomic mass is 19.2. The largest absolute Gasteiger partial charge is 0.372 e. The molecule has 0 radical (unpaired) electrons. The van der Waals surface area contributed by atoms with Gasteiger partial charge in [0.15, 0.2) is 11.6 Å². The van der Waals surface area contributed by atoms with Gasteiger partial charge in [-0.2, -0.15) is 0 Å². The van der Waals surface area contributed by atoms with Crippen molar-refractivity contribution in [2.45, 2.75) is 45.8 Å². The van der Waals surface area contributed by atoms with Crippen LogP contribution in [0.5, 0.6) is 0 Å². The van der Waals surface area contributed by atoms with Gasteiger partial charge in [-0.3, -0.25) is 0 Å². The quantitative estimate of drug-likeness (QED) is 0.798. The number of ether oxygens (including phenoxy) is 1. The summed E-state index contributed by atoms with van der Waals surface area (Å²) in [5, 5.41) is 0. The number of hydrogen-bond donors (Lipinski definition) is 0. The van der Waals surface area contributed by atoms with E-state index in [1.165, 1.54) is 5.56 Å². The second-order valence-corrected chi connectivity index (χ2v) is 7.02. The molecule has 1 aliphatic rings. The van der Waals surface area contributed by atoms with E-state index in [1.54, 1.807) is 12.1 Å². The fraction of sp³-hybridized carbons (Fsp3) is 0.429. The smallest absolute Gasteiger partial charge is 0.182 e. The van der Waals surface area contributed by atoms with E-state index in [0.717, 1.165) is 5.56 Å². The maximum absolute atomic E-state index is 14.6. The highest BCUT2D eigenvalue weighted by molar-refractivity contribution is 5.50. The van der Waals surface area contributed by atoms with Gasteiger partial charge in [-0.25, -0.2) is 8.78 Å². The van der Waals surface area contributed by atoms with Gasteiger partial charge in [0.1, 0.15) is 0 Å². The average molecular weight is 345 g/mol. The molecule has 0 amide bonds. The second kappa shape index (κ2) is 7.52. The maximum Gasteiger partial charge on any atom is 0.182 e. The highest BCUT2D eigenvalue weighted by Gasteiger charge is 2.26. The van der Waals surface area contributed by atoms with Crippen LogP contribution in [0, 0.1) is 18.6 Å². The minimum absolute atomic E-state index is 0.00688. The van der Waals surface area contributed by atoms with Gasteiger partial charge in [-0.05, 0) is 50.8 Å². The molecule has 2 atom stereocenters. The number of hydrogen-bond acceptors (Lipinski definition) is 2. The van der Waals surface area contributed by atoms with Crippen LogP contribution in [0.2, 0.25) is 0 Å². The van der Waals surface area contributed by atoms with Crippen LogP contribution in [0.4, 0.5) is 14.5 Å². The summed E-state index contributed by atoms with van der Waals surface area (Å²) >= 11 is 0. The molecule has 0 aliphatic carbocycles. The van der Waals surface area contributed by atoms with E-state index in [4.69, 9.17) is 4.74 Å². The van der Waals surface area contributed by atoms with Gasteiger partial charge in [0.2, 0.25) is 0 Å². The highest BCUT2D eigenvalue weighted by Crippen LogP contribution is 2.27. The third kappa shape index (κ3) is 4.18. The molecular formula is C21H25F2NO. The molecule has 0 spiro atoms. The number of aryl methyl sites for hydroxylation is 3. The van der Waals surface area contributed by atoms with E-state index in [0.29, 0.717) is 37.2 Å². The molecule has 0 aromatic heterocycles. The van der Waals surface area contributed by atoms with Gasteiger partial charge < -0.3 is 9.64 Å². The van der Waals surface area contributed by atoms with Crippen molar-refractivity contribution in [3.05, 3.63) is 64.7 Å². The van der Waals surface area contributed by atoms with Crippen LogP contribution >= 0.6 is 0 Å². The molecular weight excluding hydrogens is 320 g/mol. The zero-order valence-electron chi connectivity index (χ0n) is 15.1. The first-order valence-electron chi connectivity index (χ1n) is 8.87. The Morgan fingerprint density at radius 3 is 2.20 bits per heavy atom. The van der Waals surface area contributed by atoms with Crippen LogP contribution in [0.1, 0.15) is 30.5 Å². The number of morpholine rings is 1. The van der Waals surface area contributed by atoms with E-state index in [1.807, 2.05) is 49.9 Å². The van der Waals surface area contributed by atoms with E-state index >= 15 is 0 Å². The first-order chi connectivity index (χ1) is 11.9. The Labute approximate surface area is 148 Å². The zero-order valence-corrected chi connectivity index (χ0v) is 15.1. The van der Waals surface area contributed by atoms with Crippen molar-refractivity contribution < 1.29 is 13.5 Å². The van der Waals surface area contributed by atoms with E-state index in [2.05, 4.69) is 0 Å². The molecule has 1 fully saturated rings. The lowest BCUT2D eigenvalue weighted by Crippen LogP contribution is -2.45. The summed E-state index contributed by atoms with van der Waals surface area (Å²) in [7, 11) is 0. The maximum atomic E-state index is 14.6. The Morgan fingerprint density at radius 1 is 0.920 bits per heavy atom. The van der Waals surface area contributed by atoms with Crippen LogP contribution in [-0.2, 0) is 17.6 Å². The number of nitrogens with zero attached hydrogens (tertiary/aromatic N) is 1. The van der Waals surface area contributed by atoms with Crippen LogP contribution in [0.25, 0.3) is 0 Å². The first kappa shape index (κ1) is 17.9. The predicted octanol–water partition coefficient (Wildman–Crippen LogP) is 4.67. The fourth-order valence-corrected chi connectivity index (χ4v) is 3.42. The van der Waals surface area contributed by atoms with Crippen molar-refractivity contribution in [1.82, 2.24) is 0 Å². The molecule has 1 heterocycles. The first-order valence-corrected chi connectivity index (χ1v) is 8.87. The normalized spacial score (nSPS) is 20.8. The summed E-state index contributed by atoms with van der Waals surface area (Å²) in [6.45, 7) is 7.08. The Bertz CT molecular complexity index is 719. The molecule has 1 aliphatic heterocycles. The molecule has 3 rings (SSSR count). The molecule has 1 saturated heterocycles. The minimum atomic E-state index is -0.747. The average Bonchev–Trinajstić information content (AvgIpc) is 2.57. The minimum Gasteiger partial charge on any atom is -0.372 e. The van der Waals surface area contributed by atoms with Crippen molar-refractivity contribution in [3.8, 4) is 0 Å². The zero-order chi connectivity index (χ0) is 18.0. The predicted molar refractivity (Wildman–Crippen MR) is 97.2 cm³/mol. The van der Waals surface area contributed by atoms with Gasteiger partial charge in [-0.1, -0.05) is 35.9 Å². The molecule has 0 saturated carbocycles. The third-order valence-electron chi connectivity index (χ3n) is 4.71. The van der Waals surface area contributed by atoms with Crippen LogP contribution in [0.15, 0.2) is 36.4 Å². The molecule has 2 aromatic rings. The number of halogens is 2.